The Morgan fingerprint density at radius 1 is 1.44 bits per heavy atom. The Kier molecular flexibility index (Phi) is 4.44. The molecule has 0 amide bonds. The zero-order chi connectivity index (χ0) is 12.0. The van der Waals surface area contributed by atoms with E-state index in [1.165, 1.54) is 19.2 Å². The molecule has 16 heavy (non-hydrogen) atoms. The molecule has 0 saturated carbocycles. The van der Waals surface area contributed by atoms with Crippen LogP contribution in [0.5, 0.6) is 0 Å². The Bertz CT molecular complexity index is 387. The lowest BCUT2D eigenvalue weighted by molar-refractivity contribution is -0.133. The summed E-state index contributed by atoms with van der Waals surface area (Å²) in [6, 6.07) is 5.90. The lowest BCUT2D eigenvalue weighted by atomic mass is 10.1. The number of benzene rings is 1. The fourth-order valence-corrected chi connectivity index (χ4v) is 1.22. The third kappa shape index (κ3) is 3.34. The van der Waals surface area contributed by atoms with Crippen molar-refractivity contribution >= 4 is 11.7 Å². The molecule has 0 heterocycles. The van der Waals surface area contributed by atoms with Crippen LogP contribution in [-0.4, -0.2) is 24.0 Å². The fraction of sp³-hybridized carbons (Fsp3) is 0.273. The molecule has 1 N–H and O–H groups in total. The SMILES string of the molecule is COC(=O)/C(CCc1ccc(F)cc1)=N\O. The molecule has 1 rings (SSSR count). The third-order valence-electron chi connectivity index (χ3n) is 2.11. The summed E-state index contributed by atoms with van der Waals surface area (Å²) in [5, 5.41) is 11.4. The molecule has 86 valence electrons. The van der Waals surface area contributed by atoms with Gasteiger partial charge in [-0.15, -0.1) is 0 Å². The van der Waals surface area contributed by atoms with E-state index in [0.717, 1.165) is 5.56 Å². The Balaban J connectivity index is 2.57. The number of oxime groups is 1. The summed E-state index contributed by atoms with van der Waals surface area (Å²) < 4.78 is 17.0. The van der Waals surface area contributed by atoms with E-state index >= 15 is 0 Å². The van der Waals surface area contributed by atoms with Crippen molar-refractivity contribution in [1.82, 2.24) is 0 Å². The molecule has 0 unspecified atom stereocenters. The van der Waals surface area contributed by atoms with Gasteiger partial charge in [0, 0.05) is 6.42 Å². The van der Waals surface area contributed by atoms with Gasteiger partial charge in [0.15, 0.2) is 5.71 Å². The van der Waals surface area contributed by atoms with Crippen molar-refractivity contribution in [3.8, 4) is 0 Å². The van der Waals surface area contributed by atoms with Crippen LogP contribution in [0.15, 0.2) is 29.4 Å². The van der Waals surface area contributed by atoms with Crippen molar-refractivity contribution in [2.45, 2.75) is 12.8 Å². The first-order chi connectivity index (χ1) is 7.67. The predicted octanol–water partition coefficient (Wildman–Crippen LogP) is 1.76. The normalized spacial score (nSPS) is 11.2. The summed E-state index contributed by atoms with van der Waals surface area (Å²) in [6.07, 6.45) is 0.726. The second-order valence-corrected chi connectivity index (χ2v) is 3.16. The van der Waals surface area contributed by atoms with Crippen LogP contribution >= 0.6 is 0 Å². The zero-order valence-electron chi connectivity index (χ0n) is 8.81. The van der Waals surface area contributed by atoms with Crippen molar-refractivity contribution in [2.24, 2.45) is 5.16 Å². The molecule has 0 bridgehead atoms. The predicted molar refractivity (Wildman–Crippen MR) is 56.0 cm³/mol. The molecule has 4 nitrogen and oxygen atoms in total. The van der Waals surface area contributed by atoms with Crippen molar-refractivity contribution in [3.63, 3.8) is 0 Å². The second-order valence-electron chi connectivity index (χ2n) is 3.16. The molecular weight excluding hydrogens is 213 g/mol. The van der Waals surface area contributed by atoms with Crippen molar-refractivity contribution in [2.75, 3.05) is 7.11 Å². The molecule has 0 aliphatic rings. The van der Waals surface area contributed by atoms with E-state index in [-0.39, 0.29) is 17.9 Å². The Labute approximate surface area is 92.3 Å². The summed E-state index contributed by atoms with van der Waals surface area (Å²) in [6.45, 7) is 0. The average Bonchev–Trinajstić information content (AvgIpc) is 2.31. The minimum absolute atomic E-state index is 0.0492. The number of nitrogens with zero attached hydrogens (tertiary/aromatic N) is 1. The van der Waals surface area contributed by atoms with Gasteiger partial charge in [-0.25, -0.2) is 9.18 Å². The van der Waals surface area contributed by atoms with Gasteiger partial charge >= 0.3 is 5.97 Å². The molecule has 5 heteroatoms. The number of ether oxygens (including phenoxy) is 1. The number of halogens is 1. The number of hydrogen-bond acceptors (Lipinski definition) is 4. The smallest absolute Gasteiger partial charge is 0.355 e. The van der Waals surface area contributed by atoms with Crippen molar-refractivity contribution < 1.29 is 19.1 Å². The Morgan fingerprint density at radius 3 is 2.56 bits per heavy atom. The highest BCUT2D eigenvalue weighted by molar-refractivity contribution is 6.36. The monoisotopic (exact) mass is 225 g/mol. The molecule has 0 aliphatic carbocycles. The summed E-state index contributed by atoms with van der Waals surface area (Å²) in [5.41, 5.74) is 0.804. The number of carbonyl (C=O) groups excluding carboxylic acids is 1. The Hall–Kier alpha value is -1.91. The average molecular weight is 225 g/mol. The highest BCUT2D eigenvalue weighted by atomic mass is 19.1. The molecule has 0 saturated heterocycles. The number of carbonyl (C=O) groups is 1. The van der Waals surface area contributed by atoms with Crippen LogP contribution in [0.3, 0.4) is 0 Å². The summed E-state index contributed by atoms with van der Waals surface area (Å²) in [4.78, 5) is 11.0. The zero-order valence-corrected chi connectivity index (χ0v) is 8.81. The van der Waals surface area contributed by atoms with Crippen LogP contribution < -0.4 is 0 Å². The maximum absolute atomic E-state index is 12.6. The molecule has 0 spiro atoms. The minimum Gasteiger partial charge on any atom is -0.464 e. The molecule has 1 aromatic rings. The molecule has 0 aromatic heterocycles. The number of rotatable bonds is 4. The van der Waals surface area contributed by atoms with Crippen molar-refractivity contribution in [3.05, 3.63) is 35.6 Å². The van der Waals surface area contributed by atoms with E-state index in [9.17, 15) is 9.18 Å². The van der Waals surface area contributed by atoms with E-state index in [4.69, 9.17) is 5.21 Å². The maximum atomic E-state index is 12.6. The highest BCUT2D eigenvalue weighted by Gasteiger charge is 2.12. The largest absolute Gasteiger partial charge is 0.464 e. The van der Waals surface area contributed by atoms with Gasteiger partial charge in [0.1, 0.15) is 5.82 Å². The molecular formula is C11H12FNO3. The maximum Gasteiger partial charge on any atom is 0.355 e. The van der Waals surface area contributed by atoms with Gasteiger partial charge in [0.2, 0.25) is 0 Å². The lowest BCUT2D eigenvalue weighted by Gasteiger charge is -2.02. The number of methoxy groups -OCH3 is 1. The standard InChI is InChI=1S/C11H12FNO3/c1-16-11(14)10(13-15)7-4-8-2-5-9(12)6-3-8/h2-3,5-6,15H,4,7H2,1H3/b13-10-. The van der Waals surface area contributed by atoms with Crippen LogP contribution in [0.1, 0.15) is 12.0 Å². The van der Waals surface area contributed by atoms with E-state index in [0.29, 0.717) is 6.42 Å². The molecule has 0 atom stereocenters. The van der Waals surface area contributed by atoms with Gasteiger partial charge in [0.05, 0.1) is 7.11 Å². The van der Waals surface area contributed by atoms with Crippen LogP contribution in [-0.2, 0) is 16.0 Å². The van der Waals surface area contributed by atoms with E-state index in [2.05, 4.69) is 9.89 Å². The number of esters is 1. The van der Waals surface area contributed by atoms with Crippen LogP contribution in [0, 0.1) is 5.82 Å². The van der Waals surface area contributed by atoms with E-state index < -0.39 is 5.97 Å². The molecule has 0 aliphatic heterocycles. The quantitative estimate of drug-likeness (QED) is 0.367. The summed E-state index contributed by atoms with van der Waals surface area (Å²) >= 11 is 0. The van der Waals surface area contributed by atoms with Gasteiger partial charge in [0.25, 0.3) is 0 Å². The molecule has 0 fully saturated rings. The van der Waals surface area contributed by atoms with E-state index in [1.54, 1.807) is 12.1 Å². The van der Waals surface area contributed by atoms with Crippen LogP contribution in [0.2, 0.25) is 0 Å². The molecule has 0 radical (unpaired) electrons. The number of hydrogen-bond donors (Lipinski definition) is 1. The second kappa shape index (κ2) is 5.85. The first kappa shape index (κ1) is 12.2. The van der Waals surface area contributed by atoms with Gasteiger partial charge in [-0.1, -0.05) is 17.3 Å². The van der Waals surface area contributed by atoms with Crippen LogP contribution in [0.4, 0.5) is 4.39 Å². The topological polar surface area (TPSA) is 58.9 Å². The van der Waals surface area contributed by atoms with Gasteiger partial charge < -0.3 is 9.94 Å². The number of aryl methyl sites for hydroxylation is 1. The van der Waals surface area contributed by atoms with Crippen LogP contribution in [0.25, 0.3) is 0 Å². The van der Waals surface area contributed by atoms with Gasteiger partial charge in [-0.3, -0.25) is 0 Å². The van der Waals surface area contributed by atoms with Gasteiger partial charge in [-0.2, -0.15) is 0 Å². The first-order valence-corrected chi connectivity index (χ1v) is 4.71. The summed E-state index contributed by atoms with van der Waals surface area (Å²) in [7, 11) is 1.21. The Morgan fingerprint density at radius 2 is 2.06 bits per heavy atom. The first-order valence-electron chi connectivity index (χ1n) is 4.71. The minimum atomic E-state index is -0.662. The third-order valence-corrected chi connectivity index (χ3v) is 2.11. The fourth-order valence-electron chi connectivity index (χ4n) is 1.22. The lowest BCUT2D eigenvalue weighted by Crippen LogP contribution is -2.16. The molecule has 1 aromatic carbocycles. The van der Waals surface area contributed by atoms with E-state index in [1.807, 2.05) is 0 Å². The van der Waals surface area contributed by atoms with Crippen molar-refractivity contribution in [1.29, 1.82) is 0 Å². The van der Waals surface area contributed by atoms with Gasteiger partial charge in [-0.05, 0) is 24.1 Å². The highest BCUT2D eigenvalue weighted by Crippen LogP contribution is 2.06. The summed E-state index contributed by atoms with van der Waals surface area (Å²) in [5.74, 6) is -0.975.